The number of hydrogen-bond donors (Lipinski definition) is 2. The van der Waals surface area contributed by atoms with Gasteiger partial charge in [0, 0.05) is 23.5 Å². The summed E-state index contributed by atoms with van der Waals surface area (Å²) in [6.07, 6.45) is 0.966. The summed E-state index contributed by atoms with van der Waals surface area (Å²) in [5.74, 6) is 1.42. The second-order valence-electron chi connectivity index (χ2n) is 5.82. The van der Waals surface area contributed by atoms with Crippen molar-refractivity contribution in [3.05, 3.63) is 42.0 Å². The van der Waals surface area contributed by atoms with E-state index < -0.39 is 6.04 Å². The summed E-state index contributed by atoms with van der Waals surface area (Å²) in [5, 5.41) is 6.06. The molecule has 0 saturated carbocycles. The molecule has 26 heavy (non-hydrogen) atoms. The fraction of sp³-hybridized carbons (Fsp3) is 0.350. The monoisotopic (exact) mass is 358 g/mol. The molecule has 0 saturated heterocycles. The number of carbonyl (C=O) groups excluding carboxylic acids is 1. The van der Waals surface area contributed by atoms with Crippen LogP contribution in [0.15, 0.2) is 36.4 Å². The Morgan fingerprint density at radius 1 is 0.962 bits per heavy atom. The Morgan fingerprint density at radius 3 is 2.00 bits per heavy atom. The minimum atomic E-state index is -0.455. The molecule has 2 N–H and O–H groups in total. The number of nitrogens with one attached hydrogen (secondary N) is 2. The molecular weight excluding hydrogens is 332 g/mol. The number of amides is 1. The lowest BCUT2D eigenvalue weighted by molar-refractivity contribution is -0.116. The van der Waals surface area contributed by atoms with Crippen molar-refractivity contribution in [3.63, 3.8) is 0 Å². The summed E-state index contributed by atoms with van der Waals surface area (Å²) < 4.78 is 16.0. The Bertz CT molecular complexity index is 719. The van der Waals surface area contributed by atoms with Crippen molar-refractivity contribution in [1.82, 2.24) is 0 Å². The average molecular weight is 358 g/mol. The Hall–Kier alpha value is -2.89. The normalized spacial score (nSPS) is 11.4. The van der Waals surface area contributed by atoms with Crippen molar-refractivity contribution in [2.24, 2.45) is 0 Å². The van der Waals surface area contributed by atoms with Gasteiger partial charge < -0.3 is 24.8 Å². The van der Waals surface area contributed by atoms with E-state index in [9.17, 15) is 4.79 Å². The molecule has 2 aromatic rings. The zero-order valence-corrected chi connectivity index (χ0v) is 15.9. The van der Waals surface area contributed by atoms with E-state index in [0.717, 1.165) is 12.1 Å². The molecule has 0 aliphatic rings. The van der Waals surface area contributed by atoms with Crippen molar-refractivity contribution < 1.29 is 19.0 Å². The van der Waals surface area contributed by atoms with Gasteiger partial charge in [0.1, 0.15) is 6.04 Å². The molecule has 0 spiro atoms. The van der Waals surface area contributed by atoms with E-state index in [4.69, 9.17) is 14.2 Å². The highest BCUT2D eigenvalue weighted by molar-refractivity contribution is 5.96. The van der Waals surface area contributed by atoms with Crippen molar-refractivity contribution in [3.8, 4) is 17.2 Å². The number of carbonyl (C=O) groups is 1. The summed E-state index contributed by atoms with van der Waals surface area (Å²) in [4.78, 5) is 12.4. The number of aryl methyl sites for hydroxylation is 1. The number of methoxy groups -OCH3 is 3. The van der Waals surface area contributed by atoms with E-state index in [1.165, 1.54) is 5.56 Å². The highest BCUT2D eigenvalue weighted by atomic mass is 16.5. The summed E-state index contributed by atoms with van der Waals surface area (Å²) >= 11 is 0. The lowest BCUT2D eigenvalue weighted by Crippen LogP contribution is -2.31. The average Bonchev–Trinajstić information content (AvgIpc) is 2.67. The van der Waals surface area contributed by atoms with Gasteiger partial charge in [-0.3, -0.25) is 4.79 Å². The Kier molecular flexibility index (Phi) is 6.72. The van der Waals surface area contributed by atoms with Crippen LogP contribution in [-0.2, 0) is 11.2 Å². The molecule has 6 nitrogen and oxygen atoms in total. The third kappa shape index (κ3) is 4.59. The van der Waals surface area contributed by atoms with Gasteiger partial charge in [-0.25, -0.2) is 0 Å². The molecule has 1 unspecified atom stereocenters. The van der Waals surface area contributed by atoms with Crippen LogP contribution in [0.2, 0.25) is 0 Å². The molecule has 0 bridgehead atoms. The van der Waals surface area contributed by atoms with Crippen molar-refractivity contribution in [2.45, 2.75) is 26.3 Å². The quantitative estimate of drug-likeness (QED) is 0.753. The van der Waals surface area contributed by atoms with E-state index in [1.807, 2.05) is 24.3 Å². The fourth-order valence-corrected chi connectivity index (χ4v) is 2.55. The van der Waals surface area contributed by atoms with Gasteiger partial charge in [-0.05, 0) is 31.0 Å². The van der Waals surface area contributed by atoms with Crippen LogP contribution in [0, 0.1) is 0 Å². The third-order valence-electron chi connectivity index (χ3n) is 4.07. The van der Waals surface area contributed by atoms with Crippen molar-refractivity contribution >= 4 is 17.3 Å². The number of benzene rings is 2. The number of rotatable bonds is 8. The molecule has 6 heteroatoms. The van der Waals surface area contributed by atoms with Crippen molar-refractivity contribution in [1.29, 1.82) is 0 Å². The van der Waals surface area contributed by atoms with Crippen LogP contribution in [0.3, 0.4) is 0 Å². The van der Waals surface area contributed by atoms with Gasteiger partial charge >= 0.3 is 0 Å². The fourth-order valence-electron chi connectivity index (χ4n) is 2.55. The molecule has 2 aromatic carbocycles. The first-order valence-electron chi connectivity index (χ1n) is 8.48. The minimum Gasteiger partial charge on any atom is -0.493 e. The van der Waals surface area contributed by atoms with Gasteiger partial charge in [0.15, 0.2) is 11.5 Å². The van der Waals surface area contributed by atoms with Crippen LogP contribution in [0.25, 0.3) is 0 Å². The Labute approximate surface area is 154 Å². The summed E-state index contributed by atoms with van der Waals surface area (Å²) in [6, 6.07) is 10.9. The maximum Gasteiger partial charge on any atom is 0.246 e. The second-order valence-corrected chi connectivity index (χ2v) is 5.82. The highest BCUT2D eigenvalue weighted by Crippen LogP contribution is 2.40. The molecule has 1 amide bonds. The van der Waals surface area contributed by atoms with Crippen LogP contribution in [0.4, 0.5) is 11.4 Å². The van der Waals surface area contributed by atoms with E-state index in [-0.39, 0.29) is 5.91 Å². The van der Waals surface area contributed by atoms with Gasteiger partial charge in [0.05, 0.1) is 21.3 Å². The first-order chi connectivity index (χ1) is 12.5. The molecule has 0 heterocycles. The predicted molar refractivity (Wildman–Crippen MR) is 104 cm³/mol. The molecule has 0 aliphatic heterocycles. The smallest absolute Gasteiger partial charge is 0.246 e. The largest absolute Gasteiger partial charge is 0.493 e. The van der Waals surface area contributed by atoms with Gasteiger partial charge in [0.2, 0.25) is 11.7 Å². The van der Waals surface area contributed by atoms with E-state index >= 15 is 0 Å². The molecule has 140 valence electrons. The summed E-state index contributed by atoms with van der Waals surface area (Å²) in [7, 11) is 4.65. The minimum absolute atomic E-state index is 0.136. The van der Waals surface area contributed by atoms with Gasteiger partial charge in [-0.1, -0.05) is 19.1 Å². The second kappa shape index (κ2) is 8.99. The van der Waals surface area contributed by atoms with Crippen molar-refractivity contribution in [2.75, 3.05) is 32.0 Å². The maximum absolute atomic E-state index is 12.4. The topological polar surface area (TPSA) is 68.8 Å². The highest BCUT2D eigenvalue weighted by Gasteiger charge is 2.17. The standard InChI is InChI=1S/C20H26N2O4/c1-6-14-7-9-15(10-8-14)22-20(23)13(2)21-16-11-17(24-3)19(26-5)18(12-16)25-4/h7-13,21H,6H2,1-5H3,(H,22,23). The lowest BCUT2D eigenvalue weighted by Gasteiger charge is -2.18. The van der Waals surface area contributed by atoms with Gasteiger partial charge in [0.25, 0.3) is 0 Å². The van der Waals surface area contributed by atoms with E-state index in [2.05, 4.69) is 17.6 Å². The Morgan fingerprint density at radius 2 is 1.54 bits per heavy atom. The first kappa shape index (κ1) is 19.4. The molecule has 1 atom stereocenters. The van der Waals surface area contributed by atoms with E-state index in [1.54, 1.807) is 40.4 Å². The van der Waals surface area contributed by atoms with Crippen LogP contribution < -0.4 is 24.8 Å². The SMILES string of the molecule is CCc1ccc(NC(=O)C(C)Nc2cc(OC)c(OC)c(OC)c2)cc1. The molecular formula is C20H26N2O4. The first-order valence-corrected chi connectivity index (χ1v) is 8.48. The number of hydrogen-bond acceptors (Lipinski definition) is 5. The van der Waals surface area contributed by atoms with Gasteiger partial charge in [-0.15, -0.1) is 0 Å². The summed E-state index contributed by atoms with van der Waals surface area (Å²) in [6.45, 7) is 3.88. The van der Waals surface area contributed by atoms with Gasteiger partial charge in [-0.2, -0.15) is 0 Å². The molecule has 0 aliphatic carbocycles. The van der Waals surface area contributed by atoms with Crippen LogP contribution in [-0.4, -0.2) is 33.3 Å². The number of anilines is 2. The molecule has 2 rings (SSSR count). The third-order valence-corrected chi connectivity index (χ3v) is 4.07. The molecule has 0 aromatic heterocycles. The Balaban J connectivity index is 2.10. The number of ether oxygens (including phenoxy) is 3. The zero-order valence-electron chi connectivity index (χ0n) is 15.9. The predicted octanol–water partition coefficient (Wildman–Crippen LogP) is 3.71. The molecule has 0 radical (unpaired) electrons. The van der Waals surface area contributed by atoms with Crippen LogP contribution >= 0.6 is 0 Å². The zero-order chi connectivity index (χ0) is 19.1. The van der Waals surface area contributed by atoms with E-state index in [0.29, 0.717) is 22.9 Å². The van der Waals surface area contributed by atoms with Crippen LogP contribution in [0.1, 0.15) is 19.4 Å². The maximum atomic E-state index is 12.4. The summed E-state index contributed by atoms with van der Waals surface area (Å²) in [5.41, 5.74) is 2.70. The lowest BCUT2D eigenvalue weighted by atomic mass is 10.1. The van der Waals surface area contributed by atoms with Crippen LogP contribution in [0.5, 0.6) is 17.2 Å². The molecule has 0 fully saturated rings.